The van der Waals surface area contributed by atoms with E-state index in [1.54, 1.807) is 0 Å². The van der Waals surface area contributed by atoms with Gasteiger partial charge in [0.2, 0.25) is 0 Å². The van der Waals surface area contributed by atoms with Crippen LogP contribution in [-0.4, -0.2) is 17.6 Å². The zero-order valence-electron chi connectivity index (χ0n) is 17.0. The third-order valence-corrected chi connectivity index (χ3v) is 3.51. The molecule has 0 atom stereocenters. The number of carboxylic acid groups (broad SMARTS) is 1. The van der Waals surface area contributed by atoms with Crippen LogP contribution in [0.5, 0.6) is 0 Å². The predicted octanol–water partition coefficient (Wildman–Crippen LogP) is 6.57. The van der Waals surface area contributed by atoms with E-state index in [9.17, 15) is 4.79 Å². The second-order valence-corrected chi connectivity index (χ2v) is 6.16. The molecule has 3 N–H and O–H groups in total. The number of nitrogens with two attached hydrogens (primary N) is 1. The molecule has 0 spiro atoms. The maximum atomic E-state index is 10.3. The van der Waals surface area contributed by atoms with E-state index in [-0.39, 0.29) is 6.42 Å². The number of carbonyl (C=O) groups is 1. The summed E-state index contributed by atoms with van der Waals surface area (Å²) in [5.41, 5.74) is 5.03. The van der Waals surface area contributed by atoms with Crippen LogP contribution in [0.2, 0.25) is 0 Å². The zero-order valence-corrected chi connectivity index (χ0v) is 17.0. The number of unbranched alkanes of at least 4 members (excludes halogenated alkanes) is 4. The number of aliphatic carboxylic acids is 1. The number of hydrogen-bond donors (Lipinski definition) is 2. The van der Waals surface area contributed by atoms with Gasteiger partial charge in [-0.25, -0.2) is 0 Å². The number of allylic oxidation sites excluding steroid dienone is 8. The third kappa shape index (κ3) is 30.3. The van der Waals surface area contributed by atoms with Gasteiger partial charge in [0, 0.05) is 6.42 Å². The van der Waals surface area contributed by atoms with Crippen molar-refractivity contribution in [1.29, 1.82) is 0 Å². The van der Waals surface area contributed by atoms with Crippen molar-refractivity contribution in [2.45, 2.75) is 84.5 Å². The summed E-state index contributed by atoms with van der Waals surface area (Å²) < 4.78 is 0. The van der Waals surface area contributed by atoms with Crippen molar-refractivity contribution in [2.75, 3.05) is 6.54 Å². The normalized spacial score (nSPS) is 11.7. The molecule has 0 fully saturated rings. The maximum Gasteiger partial charge on any atom is 0.303 e. The first-order valence-corrected chi connectivity index (χ1v) is 10.2. The highest BCUT2D eigenvalue weighted by Gasteiger charge is 1.92. The Hall–Kier alpha value is -1.61. The number of carboxylic acids is 1. The summed E-state index contributed by atoms with van der Waals surface area (Å²) in [7, 11) is 0. The molecule has 0 radical (unpaired) electrons. The molecule has 0 aliphatic rings. The molecule has 0 rings (SSSR count). The Morgan fingerprint density at radius 2 is 1.15 bits per heavy atom. The molecule has 3 nitrogen and oxygen atoms in total. The Bertz CT molecular complexity index is 393. The molecule has 3 heteroatoms. The average molecular weight is 364 g/mol. The Morgan fingerprint density at radius 3 is 1.54 bits per heavy atom. The van der Waals surface area contributed by atoms with Gasteiger partial charge in [-0.05, 0) is 57.9 Å². The quantitative estimate of drug-likeness (QED) is 0.255. The molecule has 150 valence electrons. The first-order valence-electron chi connectivity index (χ1n) is 10.2. The lowest BCUT2D eigenvalue weighted by molar-refractivity contribution is -0.137. The van der Waals surface area contributed by atoms with E-state index in [0.29, 0.717) is 0 Å². The topological polar surface area (TPSA) is 63.3 Å². The lowest BCUT2D eigenvalue weighted by Gasteiger charge is -1.90. The average Bonchev–Trinajstić information content (AvgIpc) is 2.64. The van der Waals surface area contributed by atoms with Gasteiger partial charge in [-0.1, -0.05) is 75.3 Å². The maximum absolute atomic E-state index is 10.3. The Labute approximate surface area is 161 Å². The van der Waals surface area contributed by atoms with Gasteiger partial charge in [-0.2, -0.15) is 0 Å². The monoisotopic (exact) mass is 363 g/mol. The van der Waals surface area contributed by atoms with Crippen molar-refractivity contribution in [2.24, 2.45) is 5.73 Å². The molecule has 0 bridgehead atoms. The minimum atomic E-state index is -0.712. The van der Waals surface area contributed by atoms with E-state index in [4.69, 9.17) is 10.8 Å². The molecular formula is C23H41NO2. The molecule has 0 aromatic heterocycles. The predicted molar refractivity (Wildman–Crippen MR) is 115 cm³/mol. The zero-order chi connectivity index (χ0) is 19.7. The second kappa shape index (κ2) is 25.6. The minimum absolute atomic E-state index is 0.262. The van der Waals surface area contributed by atoms with Crippen molar-refractivity contribution < 1.29 is 9.90 Å². The van der Waals surface area contributed by atoms with E-state index >= 15 is 0 Å². The summed E-state index contributed by atoms with van der Waals surface area (Å²) in [6.07, 6.45) is 28.4. The van der Waals surface area contributed by atoms with Gasteiger partial charge >= 0.3 is 5.97 Å². The van der Waals surface area contributed by atoms with Gasteiger partial charge in [0.05, 0.1) is 0 Å². The van der Waals surface area contributed by atoms with Crippen LogP contribution in [0.25, 0.3) is 0 Å². The molecule has 0 aliphatic heterocycles. The highest BCUT2D eigenvalue weighted by molar-refractivity contribution is 5.66. The highest BCUT2D eigenvalue weighted by atomic mass is 16.4. The van der Waals surface area contributed by atoms with Crippen LogP contribution in [0.3, 0.4) is 0 Å². The van der Waals surface area contributed by atoms with Gasteiger partial charge in [0.25, 0.3) is 0 Å². The van der Waals surface area contributed by atoms with Crippen LogP contribution in [-0.2, 0) is 4.79 Å². The van der Waals surface area contributed by atoms with Gasteiger partial charge in [0.1, 0.15) is 0 Å². The fourth-order valence-corrected chi connectivity index (χ4v) is 1.93. The van der Waals surface area contributed by atoms with Crippen LogP contribution in [0.15, 0.2) is 48.6 Å². The summed E-state index contributed by atoms with van der Waals surface area (Å²) in [6, 6.07) is 0. The first-order chi connectivity index (χ1) is 12.7. The Morgan fingerprint density at radius 1 is 0.731 bits per heavy atom. The van der Waals surface area contributed by atoms with Gasteiger partial charge < -0.3 is 10.8 Å². The Kier molecular flexibility index (Phi) is 26.2. The summed E-state index contributed by atoms with van der Waals surface area (Å²) in [5, 5.41) is 8.49. The lowest BCUT2D eigenvalue weighted by atomic mass is 10.2. The van der Waals surface area contributed by atoms with Gasteiger partial charge in [0.15, 0.2) is 0 Å². The van der Waals surface area contributed by atoms with Crippen LogP contribution >= 0.6 is 0 Å². The van der Waals surface area contributed by atoms with Crippen molar-refractivity contribution in [1.82, 2.24) is 0 Å². The molecular weight excluding hydrogens is 322 g/mol. The molecule has 0 unspecified atom stereocenters. The fraction of sp³-hybridized carbons (Fsp3) is 0.609. The van der Waals surface area contributed by atoms with Crippen LogP contribution in [0.4, 0.5) is 0 Å². The summed E-state index contributed by atoms with van der Waals surface area (Å²) in [6.45, 7) is 5.11. The molecule has 0 heterocycles. The fourth-order valence-electron chi connectivity index (χ4n) is 1.93. The molecule has 0 saturated carbocycles. The van der Waals surface area contributed by atoms with E-state index in [1.165, 1.54) is 25.7 Å². The van der Waals surface area contributed by atoms with Crippen molar-refractivity contribution >= 4 is 5.97 Å². The number of hydrogen-bond acceptors (Lipinski definition) is 2. The molecule has 0 saturated heterocycles. The molecule has 0 aromatic rings. The SMILES string of the molecule is CCCCC/C=C\C/C=C\C/C=C\C/C=C\CCCC(=O)O.CCCN. The molecule has 0 amide bonds. The van der Waals surface area contributed by atoms with E-state index < -0.39 is 5.97 Å². The third-order valence-electron chi connectivity index (χ3n) is 3.51. The first kappa shape index (κ1) is 26.6. The molecule has 26 heavy (non-hydrogen) atoms. The largest absolute Gasteiger partial charge is 0.481 e. The van der Waals surface area contributed by atoms with Crippen LogP contribution in [0.1, 0.15) is 84.5 Å². The number of rotatable bonds is 15. The van der Waals surface area contributed by atoms with E-state index in [2.05, 4.69) is 62.5 Å². The standard InChI is InChI=1S/C20H32O2.C3H9N/c1-2-3-4-5-6-7-8-9-10-11-12-13-14-15-16-17-18-19-20(21)22;1-2-3-4/h6-7,9-10,12-13,15-16H,2-5,8,11,14,17-19H2,1H3,(H,21,22);2-4H2,1H3/b7-6-,10-9-,13-12-,16-15-;. The molecule has 0 aromatic carbocycles. The van der Waals surface area contributed by atoms with Crippen LogP contribution < -0.4 is 5.73 Å². The minimum Gasteiger partial charge on any atom is -0.481 e. The summed E-state index contributed by atoms with van der Waals surface area (Å²) in [5.74, 6) is -0.712. The van der Waals surface area contributed by atoms with Gasteiger partial charge in [-0.3, -0.25) is 4.79 Å². The summed E-state index contributed by atoms with van der Waals surface area (Å²) >= 11 is 0. The second-order valence-electron chi connectivity index (χ2n) is 6.16. The van der Waals surface area contributed by atoms with Crippen molar-refractivity contribution in [3.63, 3.8) is 0 Å². The van der Waals surface area contributed by atoms with E-state index in [0.717, 1.165) is 45.1 Å². The van der Waals surface area contributed by atoms with Crippen molar-refractivity contribution in [3.8, 4) is 0 Å². The summed E-state index contributed by atoms with van der Waals surface area (Å²) in [4.78, 5) is 10.3. The van der Waals surface area contributed by atoms with Crippen LogP contribution in [0, 0.1) is 0 Å². The smallest absolute Gasteiger partial charge is 0.303 e. The molecule has 0 aliphatic carbocycles. The van der Waals surface area contributed by atoms with E-state index in [1.807, 2.05) is 0 Å². The lowest BCUT2D eigenvalue weighted by Crippen LogP contribution is -1.93. The Balaban J connectivity index is 0. The van der Waals surface area contributed by atoms with Gasteiger partial charge in [-0.15, -0.1) is 0 Å². The highest BCUT2D eigenvalue weighted by Crippen LogP contribution is 2.01. The van der Waals surface area contributed by atoms with Crippen molar-refractivity contribution in [3.05, 3.63) is 48.6 Å².